The maximum absolute atomic E-state index is 11.6. The molecule has 1 rings (SSSR count). The number of esters is 1. The molecule has 21 heavy (non-hydrogen) atoms. The van der Waals surface area contributed by atoms with E-state index < -0.39 is 33.2 Å². The lowest BCUT2D eigenvalue weighted by Gasteiger charge is -2.06. The van der Waals surface area contributed by atoms with Crippen LogP contribution in [0.4, 0.5) is 5.69 Å². The van der Waals surface area contributed by atoms with Crippen molar-refractivity contribution in [1.82, 2.24) is 0 Å². The maximum atomic E-state index is 11.6. The van der Waals surface area contributed by atoms with Gasteiger partial charge in [-0.3, -0.25) is 9.59 Å². The number of carbonyl (C=O) groups is 2. The van der Waals surface area contributed by atoms with E-state index in [9.17, 15) is 18.0 Å². The van der Waals surface area contributed by atoms with Gasteiger partial charge in [-0.1, -0.05) is 6.07 Å². The van der Waals surface area contributed by atoms with Crippen LogP contribution in [0.3, 0.4) is 0 Å². The predicted molar refractivity (Wildman–Crippen MR) is 75.1 cm³/mol. The van der Waals surface area contributed by atoms with Gasteiger partial charge < -0.3 is 10.1 Å². The molecule has 8 heteroatoms. The van der Waals surface area contributed by atoms with Crippen LogP contribution in [-0.4, -0.2) is 38.9 Å². The highest BCUT2D eigenvalue weighted by molar-refractivity contribution is 7.92. The average Bonchev–Trinajstić information content (AvgIpc) is 2.45. The average molecular weight is 310 g/mol. The van der Waals surface area contributed by atoms with Gasteiger partial charge in [0, 0.05) is 12.1 Å². The molecular weight excluding hydrogens is 296 g/mol. The van der Waals surface area contributed by atoms with Crippen LogP contribution in [0.2, 0.25) is 0 Å². The van der Waals surface area contributed by atoms with Crippen LogP contribution in [0.1, 0.15) is 12.0 Å². The van der Waals surface area contributed by atoms with Crippen LogP contribution in [-0.2, 0) is 24.2 Å². The van der Waals surface area contributed by atoms with E-state index in [0.29, 0.717) is 11.3 Å². The van der Waals surface area contributed by atoms with E-state index in [4.69, 9.17) is 5.26 Å². The maximum Gasteiger partial charge on any atom is 0.320 e. The van der Waals surface area contributed by atoms with Gasteiger partial charge in [0.05, 0.1) is 24.5 Å². The summed E-state index contributed by atoms with van der Waals surface area (Å²) in [6, 6.07) is 8.16. The molecule has 0 fully saturated rings. The number of amides is 1. The summed E-state index contributed by atoms with van der Waals surface area (Å²) in [5, 5.41) is 11.2. The summed E-state index contributed by atoms with van der Waals surface area (Å²) in [4.78, 5) is 22.5. The normalized spacial score (nSPS) is 10.5. The van der Waals surface area contributed by atoms with Gasteiger partial charge in [-0.05, 0) is 18.2 Å². The van der Waals surface area contributed by atoms with Gasteiger partial charge in [0.25, 0.3) is 0 Å². The molecule has 0 aliphatic heterocycles. The third-order valence-corrected chi connectivity index (χ3v) is 3.98. The number of hydrogen-bond donors (Lipinski definition) is 1. The second-order valence-corrected chi connectivity index (χ2v) is 6.34. The first-order valence-corrected chi connectivity index (χ1v) is 7.75. The lowest BCUT2D eigenvalue weighted by atomic mass is 10.2. The van der Waals surface area contributed by atoms with Crippen LogP contribution >= 0.6 is 0 Å². The number of nitrogens with one attached hydrogen (secondary N) is 1. The van der Waals surface area contributed by atoms with Crippen molar-refractivity contribution in [3.8, 4) is 6.07 Å². The Labute approximate surface area is 122 Å². The number of rotatable bonds is 6. The fourth-order valence-corrected chi connectivity index (χ4v) is 2.57. The molecule has 0 bridgehead atoms. The summed E-state index contributed by atoms with van der Waals surface area (Å²) in [6.45, 7) is 0. The van der Waals surface area contributed by atoms with Crippen molar-refractivity contribution >= 4 is 27.4 Å². The Kier molecular flexibility index (Phi) is 5.87. The van der Waals surface area contributed by atoms with E-state index in [1.807, 2.05) is 6.07 Å². The van der Waals surface area contributed by atoms with Gasteiger partial charge in [-0.2, -0.15) is 5.26 Å². The van der Waals surface area contributed by atoms with Crippen molar-refractivity contribution in [3.63, 3.8) is 0 Å². The number of sulfone groups is 1. The largest absolute Gasteiger partial charge is 0.468 e. The Bertz CT molecular complexity index is 676. The highest BCUT2D eigenvalue weighted by Crippen LogP contribution is 2.10. The smallest absolute Gasteiger partial charge is 0.320 e. The van der Waals surface area contributed by atoms with Crippen molar-refractivity contribution in [2.75, 3.05) is 23.9 Å². The molecule has 0 radical (unpaired) electrons. The van der Waals surface area contributed by atoms with E-state index in [0.717, 1.165) is 7.11 Å². The van der Waals surface area contributed by atoms with Gasteiger partial charge in [-0.25, -0.2) is 8.42 Å². The van der Waals surface area contributed by atoms with Crippen LogP contribution in [0.15, 0.2) is 24.3 Å². The molecule has 0 atom stereocenters. The zero-order valence-corrected chi connectivity index (χ0v) is 12.1. The number of ether oxygens (including phenoxy) is 1. The number of nitriles is 1. The van der Waals surface area contributed by atoms with E-state index in [-0.39, 0.29) is 6.42 Å². The number of nitrogens with zero attached hydrogens (tertiary/aromatic N) is 1. The summed E-state index contributed by atoms with van der Waals surface area (Å²) in [5.74, 6) is -2.58. The SMILES string of the molecule is COC(=O)CS(=O)(=O)CCC(=O)Nc1cccc(C#N)c1. The molecule has 1 amide bonds. The zero-order valence-electron chi connectivity index (χ0n) is 11.3. The van der Waals surface area contributed by atoms with Crippen molar-refractivity contribution in [2.24, 2.45) is 0 Å². The molecular formula is C13H14N2O5S. The summed E-state index contributed by atoms with van der Waals surface area (Å²) < 4.78 is 27.3. The predicted octanol–water partition coefficient (Wildman–Crippen LogP) is 0.475. The minimum Gasteiger partial charge on any atom is -0.468 e. The first-order valence-electron chi connectivity index (χ1n) is 5.93. The number of hydrogen-bond acceptors (Lipinski definition) is 6. The summed E-state index contributed by atoms with van der Waals surface area (Å²) >= 11 is 0. The zero-order chi connectivity index (χ0) is 15.9. The molecule has 0 spiro atoms. The number of carbonyl (C=O) groups excluding carboxylic acids is 2. The minimum atomic E-state index is -3.68. The lowest BCUT2D eigenvalue weighted by molar-refractivity contribution is -0.137. The second-order valence-electron chi connectivity index (χ2n) is 4.16. The highest BCUT2D eigenvalue weighted by Gasteiger charge is 2.18. The fourth-order valence-electron chi connectivity index (χ4n) is 1.45. The Hall–Kier alpha value is -2.40. The Balaban J connectivity index is 2.54. The lowest BCUT2D eigenvalue weighted by Crippen LogP contribution is -2.23. The molecule has 1 aromatic carbocycles. The summed E-state index contributed by atoms with van der Waals surface area (Å²) in [7, 11) is -2.59. The van der Waals surface area contributed by atoms with Gasteiger partial charge in [0.1, 0.15) is 5.75 Å². The Morgan fingerprint density at radius 3 is 2.71 bits per heavy atom. The van der Waals surface area contributed by atoms with Crippen molar-refractivity contribution in [3.05, 3.63) is 29.8 Å². The van der Waals surface area contributed by atoms with Crippen LogP contribution in [0.25, 0.3) is 0 Å². The number of methoxy groups -OCH3 is 1. The second kappa shape index (κ2) is 7.40. The van der Waals surface area contributed by atoms with E-state index in [1.165, 1.54) is 6.07 Å². The Morgan fingerprint density at radius 2 is 2.10 bits per heavy atom. The van der Waals surface area contributed by atoms with Crippen molar-refractivity contribution in [2.45, 2.75) is 6.42 Å². The number of anilines is 1. The van der Waals surface area contributed by atoms with Crippen molar-refractivity contribution < 1.29 is 22.7 Å². The first-order chi connectivity index (χ1) is 9.86. The number of benzene rings is 1. The van der Waals surface area contributed by atoms with Crippen LogP contribution in [0.5, 0.6) is 0 Å². The molecule has 0 aromatic heterocycles. The molecule has 7 nitrogen and oxygen atoms in total. The van der Waals surface area contributed by atoms with Gasteiger partial charge in [0.2, 0.25) is 5.91 Å². The quantitative estimate of drug-likeness (QED) is 0.764. The monoisotopic (exact) mass is 310 g/mol. The molecule has 1 N–H and O–H groups in total. The fraction of sp³-hybridized carbons (Fsp3) is 0.308. The van der Waals surface area contributed by atoms with E-state index in [2.05, 4.69) is 10.1 Å². The van der Waals surface area contributed by atoms with Gasteiger partial charge >= 0.3 is 5.97 Å². The molecule has 0 unspecified atom stereocenters. The summed E-state index contributed by atoms with van der Waals surface area (Å²) in [5.41, 5.74) is 0.788. The topological polar surface area (TPSA) is 113 Å². The third kappa shape index (κ3) is 6.05. The van der Waals surface area contributed by atoms with E-state index >= 15 is 0 Å². The molecule has 0 saturated heterocycles. The van der Waals surface area contributed by atoms with Gasteiger partial charge in [-0.15, -0.1) is 0 Å². The molecule has 0 heterocycles. The van der Waals surface area contributed by atoms with Crippen LogP contribution in [0, 0.1) is 11.3 Å². The molecule has 0 aliphatic rings. The first kappa shape index (κ1) is 16.7. The third-order valence-electron chi connectivity index (χ3n) is 2.48. The molecule has 0 saturated carbocycles. The highest BCUT2D eigenvalue weighted by atomic mass is 32.2. The molecule has 0 aliphatic carbocycles. The molecule has 1 aromatic rings. The van der Waals surface area contributed by atoms with Gasteiger partial charge in [0.15, 0.2) is 9.84 Å². The molecule has 112 valence electrons. The standard InChI is InChI=1S/C13H14N2O5S/c1-20-13(17)9-21(18,19)6-5-12(16)15-11-4-2-3-10(7-11)8-14/h2-4,7H,5-6,9H2,1H3,(H,15,16). The Morgan fingerprint density at radius 1 is 1.38 bits per heavy atom. The van der Waals surface area contributed by atoms with Crippen molar-refractivity contribution in [1.29, 1.82) is 5.26 Å². The summed E-state index contributed by atoms with van der Waals surface area (Å²) in [6.07, 6.45) is -0.282. The van der Waals surface area contributed by atoms with E-state index in [1.54, 1.807) is 18.2 Å². The minimum absolute atomic E-state index is 0.282. The van der Waals surface area contributed by atoms with Crippen LogP contribution < -0.4 is 5.32 Å².